The zero-order valence-corrected chi connectivity index (χ0v) is 14.7. The predicted molar refractivity (Wildman–Crippen MR) is 94.2 cm³/mol. The molecule has 136 valence electrons. The Morgan fingerprint density at radius 3 is 2.92 bits per heavy atom. The summed E-state index contributed by atoms with van der Waals surface area (Å²) in [6.07, 6.45) is 8.43. The van der Waals surface area contributed by atoms with Gasteiger partial charge in [0.2, 0.25) is 6.79 Å². The van der Waals surface area contributed by atoms with Crippen molar-refractivity contribution >= 4 is 6.29 Å². The molecular formula is C20H27NO4. The van der Waals surface area contributed by atoms with Crippen molar-refractivity contribution in [2.24, 2.45) is 0 Å². The van der Waals surface area contributed by atoms with Gasteiger partial charge in [-0.05, 0) is 62.1 Å². The molecule has 5 nitrogen and oxygen atoms in total. The molecule has 5 heteroatoms. The van der Waals surface area contributed by atoms with Gasteiger partial charge in [-0.25, -0.2) is 0 Å². The van der Waals surface area contributed by atoms with E-state index in [0.717, 1.165) is 50.2 Å². The molecule has 1 aromatic carbocycles. The first-order chi connectivity index (χ1) is 12.3. The molecule has 25 heavy (non-hydrogen) atoms. The van der Waals surface area contributed by atoms with E-state index in [2.05, 4.69) is 17.0 Å². The lowest BCUT2D eigenvalue weighted by Crippen LogP contribution is -2.32. The molecule has 4 rings (SSSR count). The molecule has 0 amide bonds. The van der Waals surface area contributed by atoms with Gasteiger partial charge in [0, 0.05) is 19.2 Å². The summed E-state index contributed by atoms with van der Waals surface area (Å²) in [6.45, 7) is 2.68. The Hall–Kier alpha value is -1.59. The van der Waals surface area contributed by atoms with Crippen LogP contribution in [0.3, 0.4) is 0 Å². The molecule has 3 aliphatic rings. The van der Waals surface area contributed by atoms with Gasteiger partial charge in [-0.2, -0.15) is 0 Å². The van der Waals surface area contributed by atoms with E-state index < -0.39 is 0 Å². The first kappa shape index (κ1) is 16.9. The Bertz CT molecular complexity index is 599. The van der Waals surface area contributed by atoms with Crippen molar-refractivity contribution in [3.05, 3.63) is 23.8 Å². The fourth-order valence-corrected chi connectivity index (χ4v) is 4.43. The molecule has 0 aliphatic carbocycles. The minimum atomic E-state index is 0.310. The largest absolute Gasteiger partial charge is 0.454 e. The van der Waals surface area contributed by atoms with Gasteiger partial charge in [0.25, 0.3) is 0 Å². The van der Waals surface area contributed by atoms with Gasteiger partial charge < -0.3 is 19.0 Å². The molecule has 3 aliphatic heterocycles. The van der Waals surface area contributed by atoms with Crippen LogP contribution in [0.1, 0.15) is 50.0 Å². The third-order valence-corrected chi connectivity index (χ3v) is 5.80. The summed E-state index contributed by atoms with van der Waals surface area (Å²) in [4.78, 5) is 13.4. The fourth-order valence-electron chi connectivity index (χ4n) is 4.43. The van der Waals surface area contributed by atoms with Crippen LogP contribution in [-0.4, -0.2) is 49.8 Å². The van der Waals surface area contributed by atoms with Crippen LogP contribution in [0.25, 0.3) is 0 Å². The van der Waals surface area contributed by atoms with E-state index in [4.69, 9.17) is 14.2 Å². The number of rotatable bonds is 6. The predicted octanol–water partition coefficient (Wildman–Crippen LogP) is 3.12. The van der Waals surface area contributed by atoms with Gasteiger partial charge in [0.15, 0.2) is 11.5 Å². The van der Waals surface area contributed by atoms with Crippen molar-refractivity contribution in [2.75, 3.05) is 26.5 Å². The Labute approximate surface area is 149 Å². The number of carbonyl (C=O) groups is 1. The zero-order chi connectivity index (χ0) is 17.1. The number of ether oxygens (including phenoxy) is 3. The third-order valence-electron chi connectivity index (χ3n) is 5.80. The second kappa shape index (κ2) is 7.75. The van der Waals surface area contributed by atoms with Gasteiger partial charge in [0.1, 0.15) is 6.29 Å². The highest BCUT2D eigenvalue weighted by atomic mass is 16.7. The smallest absolute Gasteiger partial charge is 0.231 e. The maximum absolute atomic E-state index is 11.1. The first-order valence-electron chi connectivity index (χ1n) is 9.52. The van der Waals surface area contributed by atoms with Crippen molar-refractivity contribution in [1.82, 2.24) is 4.90 Å². The van der Waals surface area contributed by atoms with Crippen LogP contribution < -0.4 is 9.47 Å². The van der Waals surface area contributed by atoms with E-state index in [1.807, 2.05) is 6.07 Å². The average Bonchev–Trinajstić information content (AvgIpc) is 3.27. The second-order valence-corrected chi connectivity index (χ2v) is 7.39. The maximum Gasteiger partial charge on any atom is 0.231 e. The number of hydrogen-bond donors (Lipinski definition) is 0. The second-order valence-electron chi connectivity index (χ2n) is 7.39. The van der Waals surface area contributed by atoms with Crippen molar-refractivity contribution < 1.29 is 19.0 Å². The number of hydrogen-bond acceptors (Lipinski definition) is 5. The molecule has 0 radical (unpaired) electrons. The molecule has 0 aromatic heterocycles. The summed E-state index contributed by atoms with van der Waals surface area (Å²) >= 11 is 0. The highest BCUT2D eigenvalue weighted by Gasteiger charge is 2.33. The van der Waals surface area contributed by atoms with Crippen LogP contribution in [0.5, 0.6) is 11.5 Å². The van der Waals surface area contributed by atoms with E-state index in [0.29, 0.717) is 31.4 Å². The summed E-state index contributed by atoms with van der Waals surface area (Å²) in [7, 11) is 0. The van der Waals surface area contributed by atoms with Gasteiger partial charge in [-0.15, -0.1) is 0 Å². The number of fused-ring (bicyclic) bond motifs is 1. The van der Waals surface area contributed by atoms with Crippen molar-refractivity contribution in [3.63, 3.8) is 0 Å². The van der Waals surface area contributed by atoms with E-state index in [1.54, 1.807) is 0 Å². The standard InChI is InChI=1S/C20H27NO4/c22-9-8-21-13-16(15-4-7-19-20(12-15)25-14-24-19)11-17(21)5-6-18-3-1-2-10-23-18/h4,7,9,12,16-18H,1-3,5-6,8,10-11,13-14H2. The Morgan fingerprint density at radius 1 is 1.16 bits per heavy atom. The summed E-state index contributed by atoms with van der Waals surface area (Å²) in [5, 5.41) is 0. The molecule has 0 bridgehead atoms. The van der Waals surface area contributed by atoms with Crippen molar-refractivity contribution in [2.45, 2.75) is 56.6 Å². The number of carbonyl (C=O) groups excluding carboxylic acids is 1. The molecule has 3 atom stereocenters. The van der Waals surface area contributed by atoms with E-state index in [1.165, 1.54) is 24.8 Å². The van der Waals surface area contributed by atoms with Crippen molar-refractivity contribution in [3.8, 4) is 11.5 Å². The maximum atomic E-state index is 11.1. The monoisotopic (exact) mass is 345 g/mol. The Kier molecular flexibility index (Phi) is 5.22. The highest BCUT2D eigenvalue weighted by molar-refractivity contribution is 5.52. The number of aldehydes is 1. The quantitative estimate of drug-likeness (QED) is 0.742. The van der Waals surface area contributed by atoms with Crippen LogP contribution >= 0.6 is 0 Å². The molecule has 2 fully saturated rings. The zero-order valence-electron chi connectivity index (χ0n) is 14.7. The third kappa shape index (κ3) is 3.82. The first-order valence-corrected chi connectivity index (χ1v) is 9.52. The van der Waals surface area contributed by atoms with E-state index >= 15 is 0 Å². The lowest BCUT2D eigenvalue weighted by Gasteiger charge is -2.26. The Balaban J connectivity index is 1.40. The van der Waals surface area contributed by atoms with Crippen LogP contribution in [0.4, 0.5) is 0 Å². The van der Waals surface area contributed by atoms with Gasteiger partial charge >= 0.3 is 0 Å². The minimum absolute atomic E-state index is 0.310. The van der Waals surface area contributed by atoms with Gasteiger partial charge in [0.05, 0.1) is 12.6 Å². The SMILES string of the molecule is O=CCN1CC(c2ccc3c(c2)OCO3)CC1CCC1CCCCO1. The normalized spacial score (nSPS) is 29.0. The van der Waals surface area contributed by atoms with Crippen LogP contribution in [-0.2, 0) is 9.53 Å². The fraction of sp³-hybridized carbons (Fsp3) is 0.650. The van der Waals surface area contributed by atoms with Crippen LogP contribution in [0.2, 0.25) is 0 Å². The lowest BCUT2D eigenvalue weighted by molar-refractivity contribution is -0.109. The van der Waals surface area contributed by atoms with Crippen LogP contribution in [0.15, 0.2) is 18.2 Å². The summed E-state index contributed by atoms with van der Waals surface area (Å²) in [5.74, 6) is 2.13. The summed E-state index contributed by atoms with van der Waals surface area (Å²) in [5.41, 5.74) is 1.29. The molecule has 2 saturated heterocycles. The molecule has 0 N–H and O–H groups in total. The highest BCUT2D eigenvalue weighted by Crippen LogP contribution is 2.39. The number of likely N-dealkylation sites (tertiary alicyclic amines) is 1. The molecule has 0 spiro atoms. The lowest BCUT2D eigenvalue weighted by atomic mass is 9.93. The Morgan fingerprint density at radius 2 is 2.08 bits per heavy atom. The summed E-state index contributed by atoms with van der Waals surface area (Å²) in [6, 6.07) is 6.72. The van der Waals surface area contributed by atoms with Crippen molar-refractivity contribution in [1.29, 1.82) is 0 Å². The van der Waals surface area contributed by atoms with Gasteiger partial charge in [-0.3, -0.25) is 4.90 Å². The van der Waals surface area contributed by atoms with Crippen LogP contribution in [0, 0.1) is 0 Å². The molecule has 0 saturated carbocycles. The van der Waals surface area contributed by atoms with Gasteiger partial charge in [-0.1, -0.05) is 6.07 Å². The minimum Gasteiger partial charge on any atom is -0.454 e. The topological polar surface area (TPSA) is 48.0 Å². The summed E-state index contributed by atoms with van der Waals surface area (Å²) < 4.78 is 16.8. The number of benzene rings is 1. The molecule has 1 aromatic rings. The molecular weight excluding hydrogens is 318 g/mol. The number of nitrogens with zero attached hydrogens (tertiary/aromatic N) is 1. The molecule has 3 unspecified atom stereocenters. The average molecular weight is 345 g/mol. The molecule has 3 heterocycles. The van der Waals surface area contributed by atoms with E-state index in [-0.39, 0.29) is 0 Å². The van der Waals surface area contributed by atoms with E-state index in [9.17, 15) is 4.79 Å².